The van der Waals surface area contributed by atoms with Crippen LogP contribution in [0.5, 0.6) is 0 Å². The van der Waals surface area contributed by atoms with Gasteiger partial charge in [-0.1, -0.05) is 49.2 Å². The van der Waals surface area contributed by atoms with Crippen molar-refractivity contribution in [2.45, 2.75) is 33.2 Å². The number of amides is 2. The third kappa shape index (κ3) is 7.10. The molecule has 0 heterocycles. The van der Waals surface area contributed by atoms with Crippen LogP contribution in [-0.4, -0.2) is 37.0 Å². The van der Waals surface area contributed by atoms with Crippen molar-refractivity contribution >= 4 is 35.1 Å². The minimum Gasteiger partial charge on any atom is -0.454 e. The Balaban J connectivity index is 2.06. The van der Waals surface area contributed by atoms with Crippen LogP contribution in [0.25, 0.3) is 0 Å². The number of benzene rings is 2. The van der Waals surface area contributed by atoms with E-state index < -0.39 is 30.4 Å². The number of esters is 1. The third-order valence-electron chi connectivity index (χ3n) is 4.69. The molecule has 1 N–H and O–H groups in total. The van der Waals surface area contributed by atoms with Crippen LogP contribution in [0.3, 0.4) is 0 Å². The fourth-order valence-electron chi connectivity index (χ4n) is 3.01. The summed E-state index contributed by atoms with van der Waals surface area (Å²) in [6.45, 7) is 5.02. The lowest BCUT2D eigenvalue weighted by molar-refractivity contribution is -0.150. The van der Waals surface area contributed by atoms with Gasteiger partial charge in [-0.05, 0) is 43.2 Å². The number of hydrogen-bond donors (Lipinski definition) is 1. The Hall–Kier alpha value is -3.37. The minimum absolute atomic E-state index is 0.105. The maximum absolute atomic E-state index is 12.7. The Morgan fingerprint density at radius 1 is 1.16 bits per heavy atom. The predicted molar refractivity (Wildman–Crippen MR) is 122 cm³/mol. The van der Waals surface area contributed by atoms with Crippen molar-refractivity contribution in [1.29, 1.82) is 5.26 Å². The van der Waals surface area contributed by atoms with Crippen LogP contribution in [-0.2, 0) is 14.3 Å². The van der Waals surface area contributed by atoms with Crippen molar-refractivity contribution in [1.82, 2.24) is 5.32 Å². The minimum atomic E-state index is -0.922. The van der Waals surface area contributed by atoms with Crippen molar-refractivity contribution in [3.05, 3.63) is 64.7 Å². The zero-order chi connectivity index (χ0) is 23.7. The molecule has 0 aliphatic heterocycles. The lowest BCUT2D eigenvalue weighted by atomic mass is 10.0. The number of anilines is 1. The summed E-state index contributed by atoms with van der Waals surface area (Å²) in [6.07, 6.45) is 0.105. The van der Waals surface area contributed by atoms with E-state index in [2.05, 4.69) is 5.32 Å². The number of halogens is 1. The van der Waals surface area contributed by atoms with E-state index in [1.165, 1.54) is 4.90 Å². The summed E-state index contributed by atoms with van der Waals surface area (Å²) in [4.78, 5) is 39.3. The molecule has 2 aromatic rings. The number of carbonyl (C=O) groups excluding carboxylic acids is 3. The van der Waals surface area contributed by atoms with Crippen LogP contribution >= 0.6 is 11.6 Å². The molecule has 0 radical (unpaired) electrons. The van der Waals surface area contributed by atoms with Crippen LogP contribution in [0.4, 0.5) is 5.69 Å². The zero-order valence-corrected chi connectivity index (χ0v) is 19.1. The summed E-state index contributed by atoms with van der Waals surface area (Å²) in [5.41, 5.74) is 1.86. The van der Waals surface area contributed by atoms with Crippen molar-refractivity contribution in [3.63, 3.8) is 0 Å². The first kappa shape index (κ1) is 24.9. The average Bonchev–Trinajstić information content (AvgIpc) is 2.75. The van der Waals surface area contributed by atoms with Gasteiger partial charge in [0, 0.05) is 22.8 Å². The fraction of sp³-hybridized carbons (Fsp3) is 0.333. The molecule has 0 saturated heterocycles. The van der Waals surface area contributed by atoms with Crippen LogP contribution < -0.4 is 10.2 Å². The van der Waals surface area contributed by atoms with E-state index in [4.69, 9.17) is 21.6 Å². The van der Waals surface area contributed by atoms with Gasteiger partial charge in [-0.25, -0.2) is 4.79 Å². The summed E-state index contributed by atoms with van der Waals surface area (Å²) in [5, 5.41) is 12.0. The summed E-state index contributed by atoms with van der Waals surface area (Å²) in [6, 6.07) is 14.7. The van der Waals surface area contributed by atoms with Crippen molar-refractivity contribution in [2.75, 3.05) is 18.1 Å². The van der Waals surface area contributed by atoms with Crippen molar-refractivity contribution in [2.24, 2.45) is 5.92 Å². The number of carbonyl (C=O) groups is 3. The third-order valence-corrected chi connectivity index (χ3v) is 4.93. The van der Waals surface area contributed by atoms with Crippen LogP contribution in [0.1, 0.15) is 36.2 Å². The molecule has 0 fully saturated rings. The van der Waals surface area contributed by atoms with Crippen LogP contribution in [0.15, 0.2) is 48.5 Å². The van der Waals surface area contributed by atoms with E-state index in [9.17, 15) is 14.4 Å². The molecule has 7 nitrogen and oxygen atoms in total. The topological polar surface area (TPSA) is 99.5 Å². The molecule has 0 aromatic heterocycles. The van der Waals surface area contributed by atoms with Gasteiger partial charge in [-0.2, -0.15) is 5.26 Å². The molecule has 0 aliphatic rings. The van der Waals surface area contributed by atoms with Gasteiger partial charge in [0.05, 0.1) is 12.5 Å². The molecule has 0 aliphatic carbocycles. The van der Waals surface area contributed by atoms with Gasteiger partial charge < -0.3 is 15.0 Å². The Labute approximate surface area is 192 Å². The summed E-state index contributed by atoms with van der Waals surface area (Å²) < 4.78 is 5.24. The van der Waals surface area contributed by atoms with Gasteiger partial charge >= 0.3 is 5.97 Å². The van der Waals surface area contributed by atoms with Gasteiger partial charge in [0.1, 0.15) is 6.04 Å². The molecule has 1 unspecified atom stereocenters. The van der Waals surface area contributed by atoms with E-state index in [-0.39, 0.29) is 18.9 Å². The van der Waals surface area contributed by atoms with Gasteiger partial charge in [0.25, 0.3) is 11.8 Å². The molecule has 2 aromatic carbocycles. The number of nitrogens with zero attached hydrogens (tertiary/aromatic N) is 2. The second-order valence-electron chi connectivity index (χ2n) is 7.61. The second-order valence-corrected chi connectivity index (χ2v) is 8.04. The van der Waals surface area contributed by atoms with E-state index >= 15 is 0 Å². The highest BCUT2D eigenvalue weighted by molar-refractivity contribution is 6.30. The quantitative estimate of drug-likeness (QED) is 0.578. The van der Waals surface area contributed by atoms with Gasteiger partial charge in [-0.3, -0.25) is 9.59 Å². The molecule has 2 rings (SSSR count). The normalized spacial score (nSPS) is 11.4. The molecule has 2 amide bonds. The van der Waals surface area contributed by atoms with Gasteiger partial charge in [0.15, 0.2) is 6.61 Å². The highest BCUT2D eigenvalue weighted by Crippen LogP contribution is 2.20. The molecular weight excluding hydrogens is 430 g/mol. The lowest BCUT2D eigenvalue weighted by Gasteiger charge is -2.24. The van der Waals surface area contributed by atoms with Crippen molar-refractivity contribution in [3.8, 4) is 6.07 Å². The number of ether oxygens (including phenoxy) is 1. The van der Waals surface area contributed by atoms with E-state index in [0.717, 1.165) is 5.56 Å². The zero-order valence-electron chi connectivity index (χ0n) is 18.3. The standard InChI is InChI=1S/C24H26ClN3O4/c1-16(2)22(27-23(30)18-8-4-7-17(3)13-18)24(31)32-15-21(29)28(12-6-11-26)20-10-5-9-19(25)14-20/h4-5,7-10,13-14,16,22H,6,12,15H2,1-3H3,(H,27,30). The number of aryl methyl sites for hydroxylation is 1. The van der Waals surface area contributed by atoms with E-state index in [0.29, 0.717) is 16.3 Å². The van der Waals surface area contributed by atoms with Crippen LogP contribution in [0.2, 0.25) is 5.02 Å². The number of nitriles is 1. The summed E-state index contributed by atoms with van der Waals surface area (Å²) in [7, 11) is 0. The van der Waals surface area contributed by atoms with Gasteiger partial charge in [-0.15, -0.1) is 0 Å². The maximum Gasteiger partial charge on any atom is 0.329 e. The molecule has 1 atom stereocenters. The van der Waals surface area contributed by atoms with Gasteiger partial charge in [0.2, 0.25) is 0 Å². The number of hydrogen-bond acceptors (Lipinski definition) is 5. The SMILES string of the molecule is Cc1cccc(C(=O)NC(C(=O)OCC(=O)N(CCC#N)c2cccc(Cl)c2)C(C)C)c1. The Morgan fingerprint density at radius 3 is 2.50 bits per heavy atom. The largest absolute Gasteiger partial charge is 0.454 e. The first-order chi connectivity index (χ1) is 15.2. The molecule has 0 spiro atoms. The Bertz CT molecular complexity index is 1020. The Morgan fingerprint density at radius 2 is 1.88 bits per heavy atom. The fourth-order valence-corrected chi connectivity index (χ4v) is 3.20. The average molecular weight is 456 g/mol. The number of nitrogens with one attached hydrogen (secondary N) is 1. The maximum atomic E-state index is 12.7. The molecule has 0 bridgehead atoms. The first-order valence-corrected chi connectivity index (χ1v) is 10.6. The summed E-state index contributed by atoms with van der Waals surface area (Å²) in [5.74, 6) is -1.86. The molecule has 32 heavy (non-hydrogen) atoms. The highest BCUT2D eigenvalue weighted by Gasteiger charge is 2.27. The predicted octanol–water partition coefficient (Wildman–Crippen LogP) is 3.89. The van der Waals surface area contributed by atoms with Crippen LogP contribution in [0, 0.1) is 24.2 Å². The van der Waals surface area contributed by atoms with E-state index in [1.807, 2.05) is 19.1 Å². The molecule has 8 heteroatoms. The molecular formula is C24H26ClN3O4. The van der Waals surface area contributed by atoms with Crippen molar-refractivity contribution < 1.29 is 19.1 Å². The second kappa shape index (κ2) is 11.9. The summed E-state index contributed by atoms with van der Waals surface area (Å²) >= 11 is 6.01. The monoisotopic (exact) mass is 455 g/mol. The smallest absolute Gasteiger partial charge is 0.329 e. The molecule has 0 saturated carbocycles. The number of rotatable bonds is 9. The molecule has 168 valence electrons. The highest BCUT2D eigenvalue weighted by atomic mass is 35.5. The first-order valence-electron chi connectivity index (χ1n) is 10.2. The van der Waals surface area contributed by atoms with E-state index in [1.54, 1.807) is 56.3 Å². The Kier molecular flexibility index (Phi) is 9.23. The lowest BCUT2D eigenvalue weighted by Crippen LogP contribution is -2.46.